The molecule has 0 unspecified atom stereocenters. The summed E-state index contributed by atoms with van der Waals surface area (Å²) in [4.78, 5) is 23.3. The number of fused-ring (bicyclic) bond motifs is 3. The number of rotatable bonds is 3. The summed E-state index contributed by atoms with van der Waals surface area (Å²) in [5, 5.41) is 10.4. The molecule has 2 aliphatic heterocycles. The van der Waals surface area contributed by atoms with Gasteiger partial charge in [0, 0.05) is 25.9 Å². The molecular formula is C14H22O6. The van der Waals surface area contributed by atoms with Crippen molar-refractivity contribution in [3.8, 4) is 0 Å². The topological polar surface area (TPSA) is 82.1 Å². The fourth-order valence-electron chi connectivity index (χ4n) is 3.62. The molecule has 3 fully saturated rings. The van der Waals surface area contributed by atoms with Crippen molar-refractivity contribution in [2.24, 2.45) is 17.8 Å². The molecule has 6 atom stereocenters. The van der Waals surface area contributed by atoms with Crippen molar-refractivity contribution in [1.29, 1.82) is 0 Å². The monoisotopic (exact) mass is 286 g/mol. The summed E-state index contributed by atoms with van der Waals surface area (Å²) in [7, 11) is 1.51. The molecule has 6 nitrogen and oxygen atoms in total. The molecule has 2 saturated heterocycles. The predicted molar refractivity (Wildman–Crippen MR) is 68.7 cm³/mol. The van der Waals surface area contributed by atoms with E-state index in [1.165, 1.54) is 14.0 Å². The molecule has 20 heavy (non-hydrogen) atoms. The standard InChI is InChI=1S/C14H22O6/c1-6-8-9(14(3,4)17)11(18-5)12(20-13(8)16)10(6)19-7(2)15/h6,8-12,17H,1-5H3/t6-,8+,9-,10-,11+,12-/m1/s1. The van der Waals surface area contributed by atoms with Crippen LogP contribution in [0.25, 0.3) is 0 Å². The van der Waals surface area contributed by atoms with E-state index in [1.54, 1.807) is 13.8 Å². The third kappa shape index (κ3) is 2.31. The van der Waals surface area contributed by atoms with E-state index in [0.717, 1.165) is 0 Å². The Morgan fingerprint density at radius 1 is 1.35 bits per heavy atom. The van der Waals surface area contributed by atoms with E-state index in [4.69, 9.17) is 14.2 Å². The van der Waals surface area contributed by atoms with Gasteiger partial charge in [-0.15, -0.1) is 0 Å². The van der Waals surface area contributed by atoms with Crippen molar-refractivity contribution < 1.29 is 28.9 Å². The van der Waals surface area contributed by atoms with Gasteiger partial charge in [-0.25, -0.2) is 0 Å². The zero-order chi connectivity index (χ0) is 15.2. The van der Waals surface area contributed by atoms with Crippen molar-refractivity contribution >= 4 is 11.9 Å². The highest BCUT2D eigenvalue weighted by atomic mass is 16.6. The number of esters is 2. The van der Waals surface area contributed by atoms with Crippen LogP contribution in [0.4, 0.5) is 0 Å². The lowest BCUT2D eigenvalue weighted by Crippen LogP contribution is -2.69. The first kappa shape index (κ1) is 15.3. The second-order valence-corrected chi connectivity index (χ2v) is 6.24. The number of carbonyl (C=O) groups is 2. The number of ether oxygens (including phenoxy) is 3. The molecule has 6 heteroatoms. The van der Waals surface area contributed by atoms with Crippen LogP contribution in [0.5, 0.6) is 0 Å². The molecule has 3 rings (SSSR count). The highest BCUT2D eigenvalue weighted by Gasteiger charge is 2.63. The number of aliphatic hydroxyl groups is 1. The first-order valence-corrected chi connectivity index (χ1v) is 6.81. The smallest absolute Gasteiger partial charge is 0.310 e. The van der Waals surface area contributed by atoms with Crippen LogP contribution in [-0.4, -0.2) is 48.1 Å². The molecule has 0 spiro atoms. The molecule has 1 aliphatic carbocycles. The highest BCUT2D eigenvalue weighted by molar-refractivity contribution is 5.76. The maximum absolute atomic E-state index is 12.1. The predicted octanol–water partition coefficient (Wildman–Crippen LogP) is 0.511. The van der Waals surface area contributed by atoms with Crippen molar-refractivity contribution in [2.75, 3.05) is 7.11 Å². The van der Waals surface area contributed by atoms with Gasteiger partial charge in [-0.05, 0) is 13.8 Å². The molecule has 1 saturated carbocycles. The minimum atomic E-state index is -1.08. The van der Waals surface area contributed by atoms with Crippen LogP contribution >= 0.6 is 0 Å². The molecule has 0 aromatic carbocycles. The summed E-state index contributed by atoms with van der Waals surface area (Å²) in [5.41, 5.74) is -1.08. The van der Waals surface area contributed by atoms with Crippen LogP contribution in [0, 0.1) is 17.8 Å². The van der Waals surface area contributed by atoms with Gasteiger partial charge in [-0.3, -0.25) is 9.59 Å². The van der Waals surface area contributed by atoms with Crippen molar-refractivity contribution in [3.63, 3.8) is 0 Å². The quantitative estimate of drug-likeness (QED) is 0.761. The van der Waals surface area contributed by atoms with Crippen LogP contribution in [0.2, 0.25) is 0 Å². The Morgan fingerprint density at radius 3 is 2.40 bits per heavy atom. The highest BCUT2D eigenvalue weighted by Crippen LogP contribution is 2.48. The van der Waals surface area contributed by atoms with Gasteiger partial charge in [-0.1, -0.05) is 6.92 Å². The fourth-order valence-corrected chi connectivity index (χ4v) is 3.62. The van der Waals surface area contributed by atoms with Crippen LogP contribution in [-0.2, 0) is 23.8 Å². The number of methoxy groups -OCH3 is 1. The maximum Gasteiger partial charge on any atom is 0.310 e. The summed E-state index contributed by atoms with van der Waals surface area (Å²) in [6, 6.07) is 0. The van der Waals surface area contributed by atoms with Gasteiger partial charge in [0.2, 0.25) is 0 Å². The third-order valence-electron chi connectivity index (χ3n) is 4.39. The third-order valence-corrected chi connectivity index (χ3v) is 4.39. The lowest BCUT2D eigenvalue weighted by atomic mass is 9.61. The second kappa shape index (κ2) is 5.00. The van der Waals surface area contributed by atoms with E-state index in [9.17, 15) is 14.7 Å². The number of hydrogen-bond acceptors (Lipinski definition) is 6. The molecule has 2 heterocycles. The molecule has 0 aromatic heterocycles. The Balaban J connectivity index is 2.39. The van der Waals surface area contributed by atoms with Gasteiger partial charge in [0.1, 0.15) is 12.2 Å². The fraction of sp³-hybridized carbons (Fsp3) is 0.857. The average Bonchev–Trinajstić information content (AvgIpc) is 2.31. The average molecular weight is 286 g/mol. The van der Waals surface area contributed by atoms with Crippen molar-refractivity contribution in [3.05, 3.63) is 0 Å². The summed E-state index contributed by atoms with van der Waals surface area (Å²) in [6.45, 7) is 6.48. The van der Waals surface area contributed by atoms with Crippen molar-refractivity contribution in [1.82, 2.24) is 0 Å². The van der Waals surface area contributed by atoms with Gasteiger partial charge in [0.05, 0.1) is 11.5 Å². The summed E-state index contributed by atoms with van der Waals surface area (Å²) >= 11 is 0. The van der Waals surface area contributed by atoms with Crippen LogP contribution in [0.3, 0.4) is 0 Å². The molecule has 3 aliphatic rings. The number of carbonyl (C=O) groups excluding carboxylic acids is 2. The Morgan fingerprint density at radius 2 is 1.95 bits per heavy atom. The van der Waals surface area contributed by atoms with E-state index in [0.29, 0.717) is 0 Å². The van der Waals surface area contributed by atoms with Crippen LogP contribution < -0.4 is 0 Å². The Bertz CT molecular complexity index is 412. The van der Waals surface area contributed by atoms with Gasteiger partial charge in [0.15, 0.2) is 6.10 Å². The normalized spacial score (nSPS) is 40.4. The molecule has 2 bridgehead atoms. The van der Waals surface area contributed by atoms with E-state index in [1.807, 2.05) is 6.92 Å². The zero-order valence-corrected chi connectivity index (χ0v) is 12.5. The summed E-state index contributed by atoms with van der Waals surface area (Å²) in [5.74, 6) is -1.92. The van der Waals surface area contributed by atoms with Gasteiger partial charge in [0.25, 0.3) is 0 Å². The first-order valence-electron chi connectivity index (χ1n) is 6.81. The minimum absolute atomic E-state index is 0.215. The van der Waals surface area contributed by atoms with E-state index < -0.39 is 35.8 Å². The zero-order valence-electron chi connectivity index (χ0n) is 12.5. The van der Waals surface area contributed by atoms with E-state index in [2.05, 4.69) is 0 Å². The van der Waals surface area contributed by atoms with Crippen molar-refractivity contribution in [2.45, 2.75) is 51.6 Å². The molecular weight excluding hydrogens is 264 g/mol. The van der Waals surface area contributed by atoms with Gasteiger partial charge >= 0.3 is 11.9 Å². The Labute approximate surface area is 118 Å². The maximum atomic E-state index is 12.1. The molecule has 0 radical (unpaired) electrons. The van der Waals surface area contributed by atoms with E-state index in [-0.39, 0.29) is 17.8 Å². The largest absolute Gasteiger partial charge is 0.458 e. The van der Waals surface area contributed by atoms with Gasteiger partial charge < -0.3 is 19.3 Å². The lowest BCUT2D eigenvalue weighted by molar-refractivity contribution is -0.262. The van der Waals surface area contributed by atoms with Crippen LogP contribution in [0.15, 0.2) is 0 Å². The second-order valence-electron chi connectivity index (χ2n) is 6.24. The molecule has 0 amide bonds. The molecule has 114 valence electrons. The Hall–Kier alpha value is -1.14. The minimum Gasteiger partial charge on any atom is -0.458 e. The first-order chi connectivity index (χ1) is 9.18. The summed E-state index contributed by atoms with van der Waals surface area (Å²) in [6.07, 6.45) is -1.69. The number of hydrogen-bond donors (Lipinski definition) is 1. The van der Waals surface area contributed by atoms with E-state index >= 15 is 0 Å². The lowest BCUT2D eigenvalue weighted by Gasteiger charge is -2.55. The van der Waals surface area contributed by atoms with Crippen LogP contribution in [0.1, 0.15) is 27.7 Å². The summed E-state index contributed by atoms with van der Waals surface area (Å²) < 4.78 is 16.1. The molecule has 0 aromatic rings. The Kier molecular flexibility index (Phi) is 3.81. The SMILES string of the molecule is CO[C@@H]1[C@@H]2OC(=O)[C@@H]([C@@H](C)[C@H]2OC(C)=O)[C@H]1C(C)(C)O. The molecule has 1 N–H and O–H groups in total. The van der Waals surface area contributed by atoms with Gasteiger partial charge in [-0.2, -0.15) is 0 Å².